The van der Waals surface area contributed by atoms with Crippen molar-refractivity contribution >= 4 is 39.2 Å². The number of nitrogens with zero attached hydrogens (tertiary/aromatic N) is 2. The van der Waals surface area contributed by atoms with E-state index in [1.54, 1.807) is 4.57 Å². The van der Waals surface area contributed by atoms with Crippen LogP contribution in [0.15, 0.2) is 21.4 Å². The second kappa shape index (κ2) is 8.33. The summed E-state index contributed by atoms with van der Waals surface area (Å²) in [6, 6.07) is 1.84. The molecule has 5 nitrogen and oxygen atoms in total. The molecule has 0 aliphatic carbocycles. The Kier molecular flexibility index (Phi) is 6.45. The van der Waals surface area contributed by atoms with Crippen molar-refractivity contribution in [3.63, 3.8) is 0 Å². The Morgan fingerprint density at radius 2 is 2.23 bits per heavy atom. The van der Waals surface area contributed by atoms with Gasteiger partial charge < -0.3 is 5.32 Å². The van der Waals surface area contributed by atoms with Gasteiger partial charge >= 0.3 is 0 Å². The highest BCUT2D eigenvalue weighted by Crippen LogP contribution is 2.20. The average molecular weight is 339 g/mol. The van der Waals surface area contributed by atoms with Crippen molar-refractivity contribution in [1.82, 2.24) is 14.9 Å². The number of hydrogen-bond donors (Lipinski definition) is 1. The number of aromatic nitrogens is 2. The van der Waals surface area contributed by atoms with Crippen molar-refractivity contribution in [2.24, 2.45) is 0 Å². The van der Waals surface area contributed by atoms with Crippen LogP contribution in [0.3, 0.4) is 0 Å². The first-order valence-electron chi connectivity index (χ1n) is 7.54. The zero-order chi connectivity index (χ0) is 15.9. The van der Waals surface area contributed by atoms with Crippen molar-refractivity contribution < 1.29 is 4.79 Å². The van der Waals surface area contributed by atoms with Gasteiger partial charge in [-0.15, -0.1) is 11.3 Å². The molecule has 0 fully saturated rings. The first-order valence-corrected chi connectivity index (χ1v) is 9.41. The van der Waals surface area contributed by atoms with E-state index in [4.69, 9.17) is 0 Å². The number of fused-ring (bicyclic) bond motifs is 1. The third-order valence-corrected chi connectivity index (χ3v) is 5.15. The summed E-state index contributed by atoms with van der Waals surface area (Å²) < 4.78 is 2.31. The molecule has 0 saturated heterocycles. The summed E-state index contributed by atoms with van der Waals surface area (Å²) in [7, 11) is 0. The van der Waals surface area contributed by atoms with Crippen LogP contribution >= 0.6 is 23.1 Å². The van der Waals surface area contributed by atoms with Gasteiger partial charge in [0.05, 0.1) is 11.3 Å². The lowest BCUT2D eigenvalue weighted by molar-refractivity contribution is -0.118. The number of amides is 1. The number of carbonyl (C=O) groups excluding carboxylic acids is 1. The molecule has 0 spiro atoms. The van der Waals surface area contributed by atoms with E-state index in [-0.39, 0.29) is 17.2 Å². The molecule has 0 atom stereocenters. The summed E-state index contributed by atoms with van der Waals surface area (Å²) in [5, 5.41) is 5.38. The lowest BCUT2D eigenvalue weighted by Crippen LogP contribution is -2.27. The van der Waals surface area contributed by atoms with Gasteiger partial charge in [-0.3, -0.25) is 14.2 Å². The second-order valence-electron chi connectivity index (χ2n) is 4.92. The van der Waals surface area contributed by atoms with Crippen LogP contribution in [0.1, 0.15) is 33.1 Å². The van der Waals surface area contributed by atoms with Crippen molar-refractivity contribution in [2.45, 2.75) is 44.8 Å². The van der Waals surface area contributed by atoms with Gasteiger partial charge in [-0.25, -0.2) is 4.98 Å². The Morgan fingerprint density at radius 1 is 1.41 bits per heavy atom. The van der Waals surface area contributed by atoms with Crippen LogP contribution in [0, 0.1) is 0 Å². The quantitative estimate of drug-likeness (QED) is 0.456. The number of hydrogen-bond acceptors (Lipinski definition) is 5. The van der Waals surface area contributed by atoms with E-state index in [2.05, 4.69) is 17.2 Å². The van der Waals surface area contributed by atoms with Gasteiger partial charge in [0.1, 0.15) is 4.70 Å². The van der Waals surface area contributed by atoms with Crippen LogP contribution in [0.5, 0.6) is 0 Å². The van der Waals surface area contributed by atoms with Crippen molar-refractivity contribution in [1.29, 1.82) is 0 Å². The minimum atomic E-state index is -0.0200. The van der Waals surface area contributed by atoms with Crippen molar-refractivity contribution in [3.8, 4) is 0 Å². The number of carbonyl (C=O) groups is 1. The fourth-order valence-corrected chi connectivity index (χ4v) is 3.77. The normalized spacial score (nSPS) is 11.0. The Labute approximate surface area is 138 Å². The summed E-state index contributed by atoms with van der Waals surface area (Å²) >= 11 is 2.73. The topological polar surface area (TPSA) is 64.0 Å². The molecule has 2 rings (SSSR count). The van der Waals surface area contributed by atoms with E-state index in [9.17, 15) is 9.59 Å². The highest BCUT2D eigenvalue weighted by molar-refractivity contribution is 7.99. The van der Waals surface area contributed by atoms with Gasteiger partial charge in [0.2, 0.25) is 5.91 Å². The maximum absolute atomic E-state index is 12.3. The lowest BCUT2D eigenvalue weighted by atomic mass is 10.2. The largest absolute Gasteiger partial charge is 0.355 e. The van der Waals surface area contributed by atoms with Gasteiger partial charge in [-0.05, 0) is 24.8 Å². The molecule has 22 heavy (non-hydrogen) atoms. The minimum absolute atomic E-state index is 0.0107. The molecule has 0 radical (unpaired) electrons. The van der Waals surface area contributed by atoms with Crippen LogP contribution in [0.25, 0.3) is 10.2 Å². The zero-order valence-corrected chi connectivity index (χ0v) is 14.6. The molecule has 2 heterocycles. The summed E-state index contributed by atoms with van der Waals surface area (Å²) in [5.41, 5.74) is 0.693. The van der Waals surface area contributed by atoms with Gasteiger partial charge in [0.15, 0.2) is 5.16 Å². The van der Waals surface area contributed by atoms with Crippen LogP contribution in [0.4, 0.5) is 0 Å². The highest BCUT2D eigenvalue weighted by atomic mass is 32.2. The summed E-state index contributed by atoms with van der Waals surface area (Å²) in [5.74, 6) is 0.275. The lowest BCUT2D eigenvalue weighted by Gasteiger charge is -2.09. The smallest absolute Gasteiger partial charge is 0.272 e. The fourth-order valence-electron chi connectivity index (χ4n) is 2.10. The molecule has 2 aromatic rings. The van der Waals surface area contributed by atoms with Crippen LogP contribution in [0.2, 0.25) is 0 Å². The number of thioether (sulfide) groups is 1. The van der Waals surface area contributed by atoms with Gasteiger partial charge in [-0.1, -0.05) is 31.5 Å². The molecule has 1 N–H and O–H groups in total. The SMILES string of the molecule is CCCCCNC(=O)CSc1nc2ccsc2c(=O)n1CC. The molecule has 1 amide bonds. The van der Waals surface area contributed by atoms with Crippen LogP contribution in [-0.4, -0.2) is 27.8 Å². The average Bonchev–Trinajstić information content (AvgIpc) is 2.98. The molecule has 0 unspecified atom stereocenters. The standard InChI is InChI=1S/C15H21N3O2S2/c1-3-5-6-8-16-12(19)10-22-15-17-11-7-9-21-13(11)14(20)18(15)4-2/h7,9H,3-6,8,10H2,1-2H3,(H,16,19). The maximum atomic E-state index is 12.3. The molecule has 0 saturated carbocycles. The van der Waals surface area contributed by atoms with Gasteiger partial charge in [0.25, 0.3) is 5.56 Å². The molecule has 0 aliphatic rings. The van der Waals surface area contributed by atoms with E-state index in [1.807, 2.05) is 18.4 Å². The zero-order valence-electron chi connectivity index (χ0n) is 12.9. The Hall–Kier alpha value is -1.34. The first kappa shape index (κ1) is 17.0. The number of thiophene rings is 1. The Morgan fingerprint density at radius 3 is 2.95 bits per heavy atom. The molecule has 7 heteroatoms. The summed E-state index contributed by atoms with van der Waals surface area (Å²) in [6.07, 6.45) is 3.27. The van der Waals surface area contributed by atoms with Crippen molar-refractivity contribution in [2.75, 3.05) is 12.3 Å². The monoisotopic (exact) mass is 339 g/mol. The van der Waals surface area contributed by atoms with E-state index in [0.717, 1.165) is 19.3 Å². The summed E-state index contributed by atoms with van der Waals surface area (Å²) in [6.45, 7) is 5.32. The molecule has 0 aromatic carbocycles. The molecular weight excluding hydrogens is 318 g/mol. The minimum Gasteiger partial charge on any atom is -0.355 e. The van der Waals surface area contributed by atoms with E-state index in [0.29, 0.717) is 28.5 Å². The highest BCUT2D eigenvalue weighted by Gasteiger charge is 2.12. The van der Waals surface area contributed by atoms with Crippen molar-refractivity contribution in [3.05, 3.63) is 21.8 Å². The molecule has 2 aromatic heterocycles. The molecule has 120 valence electrons. The van der Waals surface area contributed by atoms with E-state index < -0.39 is 0 Å². The molecule has 0 bridgehead atoms. The first-order chi connectivity index (χ1) is 10.7. The third-order valence-electron chi connectivity index (χ3n) is 3.28. The predicted octanol–water partition coefficient (Wildman–Crippen LogP) is 2.88. The maximum Gasteiger partial charge on any atom is 0.272 e. The van der Waals surface area contributed by atoms with Crippen LogP contribution in [-0.2, 0) is 11.3 Å². The predicted molar refractivity (Wildman–Crippen MR) is 92.8 cm³/mol. The Bertz CT molecular complexity index is 694. The van der Waals surface area contributed by atoms with Gasteiger partial charge in [0, 0.05) is 13.1 Å². The molecular formula is C15H21N3O2S2. The number of nitrogens with one attached hydrogen (secondary N) is 1. The van der Waals surface area contributed by atoms with E-state index >= 15 is 0 Å². The van der Waals surface area contributed by atoms with Crippen LogP contribution < -0.4 is 10.9 Å². The Balaban J connectivity index is 2.02. The van der Waals surface area contributed by atoms with Gasteiger partial charge in [-0.2, -0.15) is 0 Å². The third kappa shape index (κ3) is 4.10. The number of rotatable bonds is 8. The number of unbranched alkanes of at least 4 members (excludes halogenated alkanes) is 2. The van der Waals surface area contributed by atoms with E-state index in [1.165, 1.54) is 23.1 Å². The fraction of sp³-hybridized carbons (Fsp3) is 0.533. The molecule has 0 aliphatic heterocycles. The second-order valence-corrected chi connectivity index (χ2v) is 6.78. The summed E-state index contributed by atoms with van der Waals surface area (Å²) in [4.78, 5) is 28.7.